The minimum absolute atomic E-state index is 0. The van der Waals surface area contributed by atoms with Gasteiger partial charge < -0.3 is 10.0 Å². The summed E-state index contributed by atoms with van der Waals surface area (Å²) in [6.07, 6.45) is 0.525. The maximum Gasteiger partial charge on any atom is 0.133 e. The van der Waals surface area contributed by atoms with Crippen LogP contribution in [0.2, 0.25) is 5.15 Å². The van der Waals surface area contributed by atoms with Crippen LogP contribution >= 0.6 is 24.0 Å². The molecule has 0 spiro atoms. The van der Waals surface area contributed by atoms with Gasteiger partial charge in [0.2, 0.25) is 0 Å². The number of nitrogens with zero attached hydrogens (tertiary/aromatic N) is 2. The molecule has 0 bridgehead atoms. The molecule has 1 heterocycles. The number of benzene rings is 4. The highest BCUT2D eigenvalue weighted by atomic mass is 35.5. The molecule has 0 radical (unpaired) electrons. The fourth-order valence-electron chi connectivity index (χ4n) is 5.10. The van der Waals surface area contributed by atoms with Gasteiger partial charge in [-0.05, 0) is 54.5 Å². The second-order valence-corrected chi connectivity index (χ2v) is 9.77. The van der Waals surface area contributed by atoms with Gasteiger partial charge in [-0.25, -0.2) is 4.98 Å². The van der Waals surface area contributed by atoms with Gasteiger partial charge in [0, 0.05) is 23.4 Å². The van der Waals surface area contributed by atoms with E-state index in [9.17, 15) is 5.11 Å². The van der Waals surface area contributed by atoms with Crippen LogP contribution in [-0.4, -0.2) is 35.6 Å². The Morgan fingerprint density at radius 1 is 0.833 bits per heavy atom. The van der Waals surface area contributed by atoms with Crippen molar-refractivity contribution in [2.45, 2.75) is 17.9 Å². The van der Waals surface area contributed by atoms with Crippen LogP contribution in [0.3, 0.4) is 0 Å². The number of para-hydroxylation sites is 1. The largest absolute Gasteiger partial charge is 0.384 e. The lowest BCUT2D eigenvalue weighted by Crippen LogP contribution is -2.38. The maximum atomic E-state index is 12.9. The van der Waals surface area contributed by atoms with Gasteiger partial charge in [-0.2, -0.15) is 0 Å². The summed E-state index contributed by atoms with van der Waals surface area (Å²) in [5.74, 6) is -0.418. The van der Waals surface area contributed by atoms with Crippen molar-refractivity contribution < 1.29 is 5.11 Å². The molecule has 0 aliphatic carbocycles. The van der Waals surface area contributed by atoms with Gasteiger partial charge in [-0.3, -0.25) is 0 Å². The predicted octanol–water partition coefficient (Wildman–Crippen LogP) is 7.43. The van der Waals surface area contributed by atoms with E-state index in [0.717, 1.165) is 38.4 Å². The second-order valence-electron chi connectivity index (χ2n) is 9.41. The van der Waals surface area contributed by atoms with Gasteiger partial charge in [0.15, 0.2) is 0 Å². The summed E-state index contributed by atoms with van der Waals surface area (Å²) in [7, 11) is 4.07. The SMILES string of the molecule is CN(C)CCC(O)(c1cccc2ccccc12)C(c1ccccc1)c1cc2ccccc2nc1Cl.Cl. The molecule has 0 saturated carbocycles. The molecule has 0 aliphatic heterocycles. The highest BCUT2D eigenvalue weighted by Gasteiger charge is 2.42. The molecule has 2 unspecified atom stereocenters. The zero-order valence-corrected chi connectivity index (χ0v) is 22.0. The second kappa shape index (κ2) is 11.0. The first-order valence-electron chi connectivity index (χ1n) is 11.9. The van der Waals surface area contributed by atoms with E-state index in [2.05, 4.69) is 47.4 Å². The summed E-state index contributed by atoms with van der Waals surface area (Å²) in [6, 6.07) is 34.6. The van der Waals surface area contributed by atoms with Crippen LogP contribution in [0.1, 0.15) is 29.0 Å². The molecule has 0 saturated heterocycles. The van der Waals surface area contributed by atoms with Crippen molar-refractivity contribution in [3.8, 4) is 0 Å². The normalized spacial score (nSPS) is 13.9. The molecule has 2 atom stereocenters. The molecule has 36 heavy (non-hydrogen) atoms. The monoisotopic (exact) mass is 516 g/mol. The average Bonchev–Trinajstić information content (AvgIpc) is 2.88. The van der Waals surface area contributed by atoms with Crippen molar-refractivity contribution in [1.82, 2.24) is 9.88 Å². The van der Waals surface area contributed by atoms with Crippen molar-refractivity contribution in [2.75, 3.05) is 20.6 Å². The molecule has 1 N–H and O–H groups in total. The number of fused-ring (bicyclic) bond motifs is 2. The topological polar surface area (TPSA) is 36.4 Å². The van der Waals surface area contributed by atoms with E-state index in [1.54, 1.807) is 0 Å². The van der Waals surface area contributed by atoms with E-state index in [-0.39, 0.29) is 12.4 Å². The quantitative estimate of drug-likeness (QED) is 0.228. The summed E-state index contributed by atoms with van der Waals surface area (Å²) < 4.78 is 0. The van der Waals surface area contributed by atoms with Gasteiger partial charge in [-0.1, -0.05) is 103 Å². The van der Waals surface area contributed by atoms with Gasteiger partial charge >= 0.3 is 0 Å². The Labute approximate surface area is 223 Å². The van der Waals surface area contributed by atoms with Crippen LogP contribution in [0, 0.1) is 0 Å². The van der Waals surface area contributed by atoms with E-state index in [0.29, 0.717) is 18.1 Å². The van der Waals surface area contributed by atoms with E-state index in [4.69, 9.17) is 16.6 Å². The summed E-state index contributed by atoms with van der Waals surface area (Å²) in [4.78, 5) is 6.84. The predicted molar refractivity (Wildman–Crippen MR) is 153 cm³/mol. The zero-order valence-electron chi connectivity index (χ0n) is 20.4. The van der Waals surface area contributed by atoms with Crippen LogP contribution in [0.4, 0.5) is 0 Å². The van der Waals surface area contributed by atoms with Crippen molar-refractivity contribution >= 4 is 45.7 Å². The molecule has 0 fully saturated rings. The molecule has 3 nitrogen and oxygen atoms in total. The highest BCUT2D eigenvalue weighted by Crippen LogP contribution is 2.48. The van der Waals surface area contributed by atoms with E-state index in [1.165, 1.54) is 0 Å². The van der Waals surface area contributed by atoms with Crippen LogP contribution in [-0.2, 0) is 5.60 Å². The summed E-state index contributed by atoms with van der Waals surface area (Å²) in [5.41, 5.74) is 2.33. The fraction of sp³-hybridized carbons (Fsp3) is 0.194. The van der Waals surface area contributed by atoms with E-state index in [1.807, 2.05) is 74.8 Å². The Morgan fingerprint density at radius 3 is 2.22 bits per heavy atom. The Morgan fingerprint density at radius 2 is 1.47 bits per heavy atom. The Bertz CT molecular complexity index is 1470. The minimum atomic E-state index is -1.24. The third-order valence-electron chi connectivity index (χ3n) is 6.82. The summed E-state index contributed by atoms with van der Waals surface area (Å²) >= 11 is 6.89. The zero-order chi connectivity index (χ0) is 24.4. The lowest BCUT2D eigenvalue weighted by molar-refractivity contribution is 0.00586. The first kappa shape index (κ1) is 26.1. The third-order valence-corrected chi connectivity index (χ3v) is 7.12. The molecule has 0 amide bonds. The van der Waals surface area contributed by atoms with Gasteiger partial charge in [0.05, 0.1) is 5.52 Å². The Hall–Kier alpha value is -2.95. The standard InChI is InChI=1S/C31H29ClN2O.ClH/c1-34(2)20-19-31(35,27-17-10-15-22-11-6-8-16-25(22)27)29(23-12-4-3-5-13-23)26-21-24-14-7-9-18-28(24)33-30(26)32;/h3-18,21,29,35H,19-20H2,1-2H3;1H. The Balaban J connectivity index is 0.00000304. The van der Waals surface area contributed by atoms with Gasteiger partial charge in [-0.15, -0.1) is 12.4 Å². The van der Waals surface area contributed by atoms with Crippen LogP contribution < -0.4 is 0 Å². The lowest BCUT2D eigenvalue weighted by atomic mass is 9.71. The fourth-order valence-corrected chi connectivity index (χ4v) is 5.36. The smallest absolute Gasteiger partial charge is 0.133 e. The molecular formula is C31H30Cl2N2O. The highest BCUT2D eigenvalue weighted by molar-refractivity contribution is 6.30. The number of halogens is 2. The Kier molecular flexibility index (Phi) is 7.97. The van der Waals surface area contributed by atoms with Crippen molar-refractivity contribution in [2.24, 2.45) is 0 Å². The lowest BCUT2D eigenvalue weighted by Gasteiger charge is -2.39. The first-order valence-corrected chi connectivity index (χ1v) is 12.3. The number of aliphatic hydroxyl groups is 1. The molecule has 184 valence electrons. The van der Waals surface area contributed by atoms with Crippen molar-refractivity contribution in [3.05, 3.63) is 125 Å². The molecule has 0 aliphatic rings. The van der Waals surface area contributed by atoms with E-state index >= 15 is 0 Å². The molecule has 1 aromatic heterocycles. The number of rotatable bonds is 7. The molecule has 5 heteroatoms. The van der Waals surface area contributed by atoms with Gasteiger partial charge in [0.25, 0.3) is 0 Å². The average molecular weight is 518 g/mol. The number of hydrogen-bond donors (Lipinski definition) is 1. The molecule has 5 rings (SSSR count). The first-order chi connectivity index (χ1) is 17.0. The molecule has 5 aromatic rings. The van der Waals surface area contributed by atoms with Crippen molar-refractivity contribution in [3.63, 3.8) is 0 Å². The maximum absolute atomic E-state index is 12.9. The molecular weight excluding hydrogens is 487 g/mol. The van der Waals surface area contributed by atoms with Crippen LogP contribution in [0.25, 0.3) is 21.7 Å². The molecule has 4 aromatic carbocycles. The number of pyridine rings is 1. The number of hydrogen-bond acceptors (Lipinski definition) is 3. The van der Waals surface area contributed by atoms with Crippen molar-refractivity contribution in [1.29, 1.82) is 0 Å². The van der Waals surface area contributed by atoms with Crippen LogP contribution in [0.5, 0.6) is 0 Å². The summed E-state index contributed by atoms with van der Waals surface area (Å²) in [6.45, 7) is 0.710. The van der Waals surface area contributed by atoms with E-state index < -0.39 is 11.5 Å². The van der Waals surface area contributed by atoms with Crippen LogP contribution in [0.15, 0.2) is 103 Å². The summed E-state index contributed by atoms with van der Waals surface area (Å²) in [5, 5.41) is 16.4. The number of aromatic nitrogens is 1. The third kappa shape index (κ3) is 4.98. The minimum Gasteiger partial charge on any atom is -0.384 e. The van der Waals surface area contributed by atoms with Gasteiger partial charge in [0.1, 0.15) is 10.8 Å².